The smallest absolute Gasteiger partial charge is 0.297 e. The Morgan fingerprint density at radius 3 is 2.38 bits per heavy atom. The second-order valence-corrected chi connectivity index (χ2v) is 7.65. The van der Waals surface area contributed by atoms with Crippen LogP contribution >= 0.6 is 0 Å². The number of nitrogens with zero attached hydrogens (tertiary/aromatic N) is 3. The molecule has 0 heterocycles. The zero-order valence-corrected chi connectivity index (χ0v) is 15.6. The highest BCUT2D eigenvalue weighted by molar-refractivity contribution is 7.86. The third kappa shape index (κ3) is 3.40. The van der Waals surface area contributed by atoms with E-state index in [0.29, 0.717) is 27.1 Å². The number of phenolic OH excluding ortho intramolecular Hbond substituents is 1. The lowest BCUT2D eigenvalue weighted by molar-refractivity contribution is 0.477. The Kier molecular flexibility index (Phi) is 4.47. The molecule has 0 bridgehead atoms. The van der Waals surface area contributed by atoms with Gasteiger partial charge in [-0.1, -0.05) is 42.5 Å². The van der Waals surface area contributed by atoms with Gasteiger partial charge in [0.25, 0.3) is 10.1 Å². The van der Waals surface area contributed by atoms with E-state index >= 15 is 0 Å². The maximum atomic E-state index is 12.0. The molecule has 0 amide bonds. The predicted octanol–water partition coefficient (Wildman–Crippen LogP) is 5.23. The third-order valence-corrected chi connectivity index (χ3v) is 5.42. The summed E-state index contributed by atoms with van der Waals surface area (Å²) in [5, 5.41) is 29.5. The number of azo groups is 1. The Hall–Kier alpha value is -3.80. The lowest BCUT2D eigenvalue weighted by Gasteiger charge is -2.08. The first-order valence-corrected chi connectivity index (χ1v) is 9.89. The largest absolute Gasteiger partial charge is 0.506 e. The van der Waals surface area contributed by atoms with Crippen LogP contribution in [0.3, 0.4) is 0 Å². The predicted molar refractivity (Wildman–Crippen MR) is 108 cm³/mol. The molecule has 8 heteroatoms. The third-order valence-electron chi connectivity index (χ3n) is 4.47. The average molecular weight is 403 g/mol. The van der Waals surface area contributed by atoms with Crippen LogP contribution in [-0.4, -0.2) is 18.1 Å². The standard InChI is InChI=1S/C21H13N3O4S/c22-12-13-5-8-16-15(11-13)7-10-19(25)20(16)24-23-18-9-6-14-3-1-2-4-17(14)21(18)29(26,27)28/h1-11,25H,(H,26,27,28). The van der Waals surface area contributed by atoms with Crippen LogP contribution in [0, 0.1) is 11.3 Å². The fourth-order valence-electron chi connectivity index (χ4n) is 3.16. The van der Waals surface area contributed by atoms with E-state index in [1.807, 2.05) is 6.07 Å². The number of hydrogen-bond acceptors (Lipinski definition) is 6. The molecular weight excluding hydrogens is 390 g/mol. The number of hydrogen-bond donors (Lipinski definition) is 2. The molecule has 0 saturated heterocycles. The van der Waals surface area contributed by atoms with Gasteiger partial charge in [-0.2, -0.15) is 13.7 Å². The SMILES string of the molecule is N#Cc1ccc2c(N=Nc3ccc4ccccc4c3S(=O)(=O)O)c(O)ccc2c1. The molecule has 0 unspecified atom stereocenters. The molecule has 29 heavy (non-hydrogen) atoms. The van der Waals surface area contributed by atoms with Gasteiger partial charge in [0.2, 0.25) is 0 Å². The van der Waals surface area contributed by atoms with Crippen LogP contribution in [0.5, 0.6) is 5.75 Å². The Morgan fingerprint density at radius 2 is 1.62 bits per heavy atom. The molecule has 2 N–H and O–H groups in total. The van der Waals surface area contributed by atoms with E-state index < -0.39 is 10.1 Å². The summed E-state index contributed by atoms with van der Waals surface area (Å²) < 4.78 is 33.7. The maximum absolute atomic E-state index is 12.0. The van der Waals surface area contributed by atoms with Crippen LogP contribution in [-0.2, 0) is 10.1 Å². The summed E-state index contributed by atoms with van der Waals surface area (Å²) in [6.45, 7) is 0. The minimum Gasteiger partial charge on any atom is -0.506 e. The van der Waals surface area contributed by atoms with Crippen LogP contribution in [0.25, 0.3) is 21.5 Å². The van der Waals surface area contributed by atoms with E-state index in [0.717, 1.165) is 0 Å². The Balaban J connectivity index is 1.92. The lowest BCUT2D eigenvalue weighted by atomic mass is 10.1. The van der Waals surface area contributed by atoms with Gasteiger partial charge in [0.1, 0.15) is 22.0 Å². The van der Waals surface area contributed by atoms with Gasteiger partial charge >= 0.3 is 0 Å². The molecule has 4 aromatic carbocycles. The molecule has 0 saturated carbocycles. The quantitative estimate of drug-likeness (QED) is 0.358. The Bertz CT molecular complexity index is 1450. The first-order valence-electron chi connectivity index (χ1n) is 8.45. The van der Waals surface area contributed by atoms with Crippen LogP contribution in [0.1, 0.15) is 5.56 Å². The van der Waals surface area contributed by atoms with Gasteiger partial charge in [-0.15, -0.1) is 10.2 Å². The summed E-state index contributed by atoms with van der Waals surface area (Å²) >= 11 is 0. The number of fused-ring (bicyclic) bond motifs is 2. The van der Waals surface area contributed by atoms with Gasteiger partial charge in [-0.25, -0.2) is 0 Å². The summed E-state index contributed by atoms with van der Waals surface area (Å²) in [6.07, 6.45) is 0. The Labute approximate surface area is 165 Å². The topological polar surface area (TPSA) is 123 Å². The Morgan fingerprint density at radius 1 is 0.862 bits per heavy atom. The molecule has 0 radical (unpaired) electrons. The molecule has 0 aromatic heterocycles. The van der Waals surface area contributed by atoms with Gasteiger partial charge in [0.05, 0.1) is 11.6 Å². The first-order chi connectivity index (χ1) is 13.9. The number of aromatic hydroxyl groups is 1. The highest BCUT2D eigenvalue weighted by atomic mass is 32.2. The van der Waals surface area contributed by atoms with Crippen molar-refractivity contribution in [1.29, 1.82) is 5.26 Å². The number of rotatable bonds is 3. The maximum Gasteiger partial charge on any atom is 0.297 e. The van der Waals surface area contributed by atoms with Gasteiger partial charge in [-0.05, 0) is 35.0 Å². The monoisotopic (exact) mass is 403 g/mol. The van der Waals surface area contributed by atoms with Gasteiger partial charge in [0, 0.05) is 10.8 Å². The molecule has 0 aliphatic carbocycles. The second-order valence-electron chi connectivity index (χ2n) is 6.29. The van der Waals surface area contributed by atoms with E-state index in [1.165, 1.54) is 12.1 Å². The van der Waals surface area contributed by atoms with Crippen molar-refractivity contribution in [2.45, 2.75) is 4.90 Å². The number of benzene rings is 4. The molecule has 7 nitrogen and oxygen atoms in total. The summed E-state index contributed by atoms with van der Waals surface area (Å²) in [6, 6.07) is 19.8. The first kappa shape index (κ1) is 18.6. The van der Waals surface area contributed by atoms with E-state index in [2.05, 4.69) is 10.2 Å². The second kappa shape index (κ2) is 6.98. The molecule has 0 spiro atoms. The molecular formula is C21H13N3O4S. The summed E-state index contributed by atoms with van der Waals surface area (Å²) in [5.41, 5.74) is 0.520. The minimum atomic E-state index is -4.58. The van der Waals surface area contributed by atoms with E-state index in [4.69, 9.17) is 5.26 Å². The molecule has 4 aromatic rings. The van der Waals surface area contributed by atoms with Crippen molar-refractivity contribution >= 4 is 43.0 Å². The van der Waals surface area contributed by atoms with Crippen LogP contribution in [0.2, 0.25) is 0 Å². The fourth-order valence-corrected chi connectivity index (χ4v) is 4.00. The van der Waals surface area contributed by atoms with Crippen molar-refractivity contribution in [2.24, 2.45) is 10.2 Å². The molecule has 0 fully saturated rings. The average Bonchev–Trinajstić information content (AvgIpc) is 2.71. The minimum absolute atomic E-state index is 0.0590. The van der Waals surface area contributed by atoms with Crippen molar-refractivity contribution in [2.75, 3.05) is 0 Å². The molecule has 4 rings (SSSR count). The number of phenols is 1. The van der Waals surface area contributed by atoms with Crippen molar-refractivity contribution in [3.63, 3.8) is 0 Å². The van der Waals surface area contributed by atoms with E-state index in [-0.39, 0.29) is 22.0 Å². The van der Waals surface area contributed by atoms with Crippen molar-refractivity contribution in [3.8, 4) is 11.8 Å². The zero-order chi connectivity index (χ0) is 20.6. The normalized spacial score (nSPS) is 11.9. The summed E-state index contributed by atoms with van der Waals surface area (Å²) in [4.78, 5) is -0.356. The van der Waals surface area contributed by atoms with E-state index in [1.54, 1.807) is 54.6 Å². The zero-order valence-electron chi connectivity index (χ0n) is 14.8. The summed E-state index contributed by atoms with van der Waals surface area (Å²) in [5.74, 6) is -0.153. The van der Waals surface area contributed by atoms with E-state index in [9.17, 15) is 18.1 Å². The van der Waals surface area contributed by atoms with Crippen LogP contribution in [0.4, 0.5) is 11.4 Å². The van der Waals surface area contributed by atoms with Crippen molar-refractivity contribution in [1.82, 2.24) is 0 Å². The highest BCUT2D eigenvalue weighted by Crippen LogP contribution is 2.38. The highest BCUT2D eigenvalue weighted by Gasteiger charge is 2.19. The van der Waals surface area contributed by atoms with Crippen LogP contribution in [0.15, 0.2) is 81.9 Å². The van der Waals surface area contributed by atoms with Crippen molar-refractivity contribution in [3.05, 3.63) is 72.3 Å². The van der Waals surface area contributed by atoms with Gasteiger partial charge in [0.15, 0.2) is 0 Å². The van der Waals surface area contributed by atoms with Crippen molar-refractivity contribution < 1.29 is 18.1 Å². The molecule has 142 valence electrons. The fraction of sp³-hybridized carbons (Fsp3) is 0. The van der Waals surface area contributed by atoms with Crippen LogP contribution < -0.4 is 0 Å². The summed E-state index contributed by atoms with van der Waals surface area (Å²) in [7, 11) is -4.58. The molecule has 0 aliphatic heterocycles. The lowest BCUT2D eigenvalue weighted by Crippen LogP contribution is -1.99. The molecule has 0 atom stereocenters. The van der Waals surface area contributed by atoms with Gasteiger partial charge in [-0.3, -0.25) is 4.55 Å². The van der Waals surface area contributed by atoms with Gasteiger partial charge < -0.3 is 5.11 Å². The number of nitriles is 1. The molecule has 0 aliphatic rings.